The zero-order valence-corrected chi connectivity index (χ0v) is 16.3. The lowest BCUT2D eigenvalue weighted by Gasteiger charge is -2.53. The molecule has 1 saturated carbocycles. The van der Waals surface area contributed by atoms with Crippen LogP contribution in [0.3, 0.4) is 0 Å². The number of ether oxygens (including phenoxy) is 2. The van der Waals surface area contributed by atoms with E-state index >= 15 is 0 Å². The summed E-state index contributed by atoms with van der Waals surface area (Å²) in [5.74, 6) is 1.69. The lowest BCUT2D eigenvalue weighted by molar-refractivity contribution is -0.192. The highest BCUT2D eigenvalue weighted by Crippen LogP contribution is 2.55. The van der Waals surface area contributed by atoms with Gasteiger partial charge >= 0.3 is 0 Å². The van der Waals surface area contributed by atoms with Gasteiger partial charge in [-0.3, -0.25) is 0 Å². The third kappa shape index (κ3) is 4.09. The number of aliphatic hydroxyl groups excluding tert-OH is 2. The maximum Gasteiger partial charge on any atom is 0.127 e. The molecule has 2 aliphatic heterocycles. The van der Waals surface area contributed by atoms with Crippen LogP contribution in [-0.2, 0) is 10.3 Å². The highest BCUT2D eigenvalue weighted by molar-refractivity contribution is 5.37. The largest absolute Gasteiger partial charge is 0.457 e. The van der Waals surface area contributed by atoms with Gasteiger partial charge in [-0.2, -0.15) is 0 Å². The topological polar surface area (TPSA) is 58.9 Å². The molecule has 2 saturated heterocycles. The minimum absolute atomic E-state index is 0.145. The number of para-hydroxylation sites is 1. The first-order valence-corrected chi connectivity index (χ1v) is 10.4. The molecule has 1 aliphatic carbocycles. The van der Waals surface area contributed by atoms with Crippen LogP contribution in [0.4, 0.5) is 0 Å². The second kappa shape index (κ2) is 8.24. The van der Waals surface area contributed by atoms with Crippen molar-refractivity contribution in [2.24, 2.45) is 5.41 Å². The minimum atomic E-state index is -0.587. The molecule has 4 nitrogen and oxygen atoms in total. The number of hydrogen-bond donors (Lipinski definition) is 2. The second-order valence-electron chi connectivity index (χ2n) is 8.45. The van der Waals surface area contributed by atoms with E-state index in [0.29, 0.717) is 6.42 Å². The summed E-state index contributed by atoms with van der Waals surface area (Å²) in [6.07, 6.45) is 6.47. The molecule has 5 rings (SSSR count). The number of aliphatic hydroxyl groups is 2. The Hall–Kier alpha value is -1.88. The molecular weight excluding hydrogens is 352 g/mol. The summed E-state index contributed by atoms with van der Waals surface area (Å²) < 4.78 is 12.5. The van der Waals surface area contributed by atoms with Gasteiger partial charge in [-0.15, -0.1) is 0 Å². The molecular formula is C24H30O4. The Kier molecular flexibility index (Phi) is 5.72. The Labute approximate surface area is 167 Å². The zero-order valence-electron chi connectivity index (χ0n) is 16.3. The van der Waals surface area contributed by atoms with Crippen molar-refractivity contribution < 1.29 is 19.7 Å². The number of hydrogen-bond acceptors (Lipinski definition) is 4. The molecule has 0 radical (unpaired) electrons. The Morgan fingerprint density at radius 3 is 2.39 bits per heavy atom. The average molecular weight is 383 g/mol. The van der Waals surface area contributed by atoms with Crippen molar-refractivity contribution in [1.82, 2.24) is 0 Å². The first-order valence-electron chi connectivity index (χ1n) is 10.4. The molecule has 2 N–H and O–H groups in total. The summed E-state index contributed by atoms with van der Waals surface area (Å²) >= 11 is 0. The van der Waals surface area contributed by atoms with E-state index in [1.54, 1.807) is 0 Å². The maximum atomic E-state index is 9.58. The first-order chi connectivity index (χ1) is 13.6. The molecule has 0 amide bonds. The molecule has 0 aromatic heterocycles. The highest BCUT2D eigenvalue weighted by atomic mass is 16.5. The Bertz CT molecular complexity index is 749. The van der Waals surface area contributed by atoms with Crippen molar-refractivity contribution >= 4 is 0 Å². The van der Waals surface area contributed by atoms with Crippen molar-refractivity contribution in [2.75, 3.05) is 13.2 Å². The van der Waals surface area contributed by atoms with Gasteiger partial charge in [0.05, 0.1) is 24.9 Å². The summed E-state index contributed by atoms with van der Waals surface area (Å²) in [5, 5.41) is 18.6. The van der Waals surface area contributed by atoms with Crippen LogP contribution in [0.2, 0.25) is 0 Å². The van der Waals surface area contributed by atoms with Gasteiger partial charge in [0, 0.05) is 0 Å². The Morgan fingerprint density at radius 1 is 0.964 bits per heavy atom. The molecule has 2 aromatic carbocycles. The van der Waals surface area contributed by atoms with Gasteiger partial charge in [0.15, 0.2) is 0 Å². The van der Waals surface area contributed by atoms with Crippen molar-refractivity contribution in [1.29, 1.82) is 0 Å². The van der Waals surface area contributed by atoms with Crippen LogP contribution in [0.1, 0.15) is 50.5 Å². The predicted molar refractivity (Wildman–Crippen MR) is 108 cm³/mol. The first kappa shape index (κ1) is 19.4. The smallest absolute Gasteiger partial charge is 0.127 e. The minimum Gasteiger partial charge on any atom is -0.457 e. The second-order valence-corrected chi connectivity index (χ2v) is 8.45. The van der Waals surface area contributed by atoms with Crippen LogP contribution in [0.25, 0.3) is 0 Å². The molecule has 28 heavy (non-hydrogen) atoms. The van der Waals surface area contributed by atoms with Crippen molar-refractivity contribution in [2.45, 2.75) is 56.7 Å². The Balaban J connectivity index is 1.41. The van der Waals surface area contributed by atoms with Crippen LogP contribution in [-0.4, -0.2) is 29.5 Å². The van der Waals surface area contributed by atoms with Crippen LogP contribution < -0.4 is 4.74 Å². The SMILES string of the molecule is OC[C@@H](O)CCCC12CCC(c3cccc(Oc4ccccc4)c3)(CC1)OC2. The van der Waals surface area contributed by atoms with E-state index in [-0.39, 0.29) is 17.6 Å². The third-order valence-electron chi connectivity index (χ3n) is 6.57. The lowest BCUT2D eigenvalue weighted by atomic mass is 9.62. The van der Waals surface area contributed by atoms with E-state index < -0.39 is 6.10 Å². The lowest BCUT2D eigenvalue weighted by Crippen LogP contribution is -2.49. The van der Waals surface area contributed by atoms with E-state index in [0.717, 1.165) is 56.6 Å². The maximum absolute atomic E-state index is 9.58. The zero-order chi connectivity index (χ0) is 19.5. The number of fused-ring (bicyclic) bond motifs is 3. The van der Waals surface area contributed by atoms with Crippen LogP contribution in [0.5, 0.6) is 11.5 Å². The van der Waals surface area contributed by atoms with Gasteiger partial charge in [-0.1, -0.05) is 36.8 Å². The van der Waals surface area contributed by atoms with E-state index in [2.05, 4.69) is 18.2 Å². The summed E-state index contributed by atoms with van der Waals surface area (Å²) in [4.78, 5) is 0. The fraction of sp³-hybridized carbons (Fsp3) is 0.500. The molecule has 2 heterocycles. The number of rotatable bonds is 8. The molecule has 0 spiro atoms. The predicted octanol–water partition coefficient (Wildman–Crippen LogP) is 4.79. The van der Waals surface area contributed by atoms with E-state index in [1.807, 2.05) is 36.4 Å². The molecule has 1 atom stereocenters. The quantitative estimate of drug-likeness (QED) is 0.689. The third-order valence-corrected chi connectivity index (χ3v) is 6.57. The Morgan fingerprint density at radius 2 is 1.71 bits per heavy atom. The van der Waals surface area contributed by atoms with Gasteiger partial charge in [0.25, 0.3) is 0 Å². The molecule has 3 fully saturated rings. The van der Waals surface area contributed by atoms with Crippen LogP contribution >= 0.6 is 0 Å². The molecule has 4 heteroatoms. The van der Waals surface area contributed by atoms with Gasteiger partial charge in [0.1, 0.15) is 11.5 Å². The fourth-order valence-electron chi connectivity index (χ4n) is 4.73. The molecule has 150 valence electrons. The molecule has 0 unspecified atom stereocenters. The van der Waals surface area contributed by atoms with Gasteiger partial charge < -0.3 is 19.7 Å². The van der Waals surface area contributed by atoms with Crippen LogP contribution in [0, 0.1) is 5.41 Å². The van der Waals surface area contributed by atoms with Crippen molar-refractivity contribution in [3.05, 3.63) is 60.2 Å². The average Bonchev–Trinajstić information content (AvgIpc) is 2.76. The number of benzene rings is 2. The summed E-state index contributed by atoms with van der Waals surface area (Å²) in [6.45, 7) is 0.639. The van der Waals surface area contributed by atoms with E-state index in [9.17, 15) is 5.11 Å². The molecule has 3 aliphatic rings. The van der Waals surface area contributed by atoms with Crippen molar-refractivity contribution in [3.63, 3.8) is 0 Å². The van der Waals surface area contributed by atoms with E-state index in [1.165, 1.54) is 5.56 Å². The molecule has 2 bridgehead atoms. The fourth-order valence-corrected chi connectivity index (χ4v) is 4.73. The summed E-state index contributed by atoms with van der Waals surface area (Å²) in [7, 11) is 0. The molecule has 2 aromatic rings. The highest BCUT2D eigenvalue weighted by Gasteiger charge is 2.50. The van der Waals surface area contributed by atoms with Gasteiger partial charge in [0.2, 0.25) is 0 Å². The van der Waals surface area contributed by atoms with E-state index in [4.69, 9.17) is 14.6 Å². The monoisotopic (exact) mass is 382 g/mol. The summed E-state index contributed by atoms with van der Waals surface area (Å²) in [5.41, 5.74) is 1.27. The van der Waals surface area contributed by atoms with Gasteiger partial charge in [-0.25, -0.2) is 0 Å². The normalized spacial score (nSPS) is 27.5. The van der Waals surface area contributed by atoms with Crippen LogP contribution in [0.15, 0.2) is 54.6 Å². The summed E-state index contributed by atoms with van der Waals surface area (Å²) in [6, 6.07) is 18.2. The van der Waals surface area contributed by atoms with Crippen molar-refractivity contribution in [3.8, 4) is 11.5 Å². The van der Waals surface area contributed by atoms with Gasteiger partial charge in [-0.05, 0) is 73.8 Å². The standard InChI is InChI=1S/C24H30O4/c25-17-20(26)7-5-11-23-12-14-24(15-13-23,27-18-23)19-6-4-10-22(16-19)28-21-8-2-1-3-9-21/h1-4,6,8-10,16,20,25-26H,5,7,11-15,17-18H2/t20-,23?,24?/m0/s1.